The van der Waals surface area contributed by atoms with Gasteiger partial charge in [0.25, 0.3) is 0 Å². The van der Waals surface area contributed by atoms with E-state index in [1.54, 1.807) is 0 Å². The SMILES string of the molecule is CNCn1c(C(F)(F)F)nc2c(Br)cc(C(F)(F)F)cc21. The van der Waals surface area contributed by atoms with Gasteiger partial charge in [-0.3, -0.25) is 0 Å². The smallest absolute Gasteiger partial charge is 0.307 e. The highest BCUT2D eigenvalue weighted by molar-refractivity contribution is 9.10. The van der Waals surface area contributed by atoms with Gasteiger partial charge in [-0.25, -0.2) is 4.98 Å². The van der Waals surface area contributed by atoms with Gasteiger partial charge in [-0.2, -0.15) is 26.3 Å². The molecule has 0 atom stereocenters. The lowest BCUT2D eigenvalue weighted by molar-refractivity contribution is -0.147. The number of aromatic nitrogens is 2. The normalized spacial score (nSPS) is 13.1. The van der Waals surface area contributed by atoms with Gasteiger partial charge >= 0.3 is 12.4 Å². The minimum Gasteiger partial charge on any atom is -0.307 e. The molecule has 2 rings (SSSR count). The Morgan fingerprint density at radius 3 is 2.24 bits per heavy atom. The standard InChI is InChI=1S/C11H8BrF6N3/c1-19-4-21-7-3-5(10(13,14)15)2-6(12)8(7)20-9(21)11(16,17)18/h2-3,19H,4H2,1H3. The molecular formula is C11H8BrF6N3. The second-order valence-corrected chi connectivity index (χ2v) is 5.05. The summed E-state index contributed by atoms with van der Waals surface area (Å²) in [6.07, 6.45) is -9.43. The molecule has 10 heteroatoms. The Morgan fingerprint density at radius 1 is 1.14 bits per heavy atom. The Hall–Kier alpha value is -1.29. The molecule has 0 aliphatic heterocycles. The molecule has 0 saturated carbocycles. The topological polar surface area (TPSA) is 29.9 Å². The van der Waals surface area contributed by atoms with Gasteiger partial charge in [0.15, 0.2) is 0 Å². The summed E-state index contributed by atoms with van der Waals surface area (Å²) in [4.78, 5) is 3.41. The molecular weight excluding hydrogens is 368 g/mol. The predicted molar refractivity (Wildman–Crippen MR) is 66.5 cm³/mol. The van der Waals surface area contributed by atoms with Gasteiger partial charge in [0.1, 0.15) is 5.52 Å². The Kier molecular flexibility index (Phi) is 3.96. The number of imidazole rings is 1. The first-order chi connectivity index (χ1) is 9.55. The van der Waals surface area contributed by atoms with E-state index in [0.717, 1.165) is 0 Å². The van der Waals surface area contributed by atoms with Crippen LogP contribution in [0.5, 0.6) is 0 Å². The maximum atomic E-state index is 12.9. The second-order valence-electron chi connectivity index (χ2n) is 4.20. The molecule has 0 fully saturated rings. The van der Waals surface area contributed by atoms with Crippen LogP contribution in [0.4, 0.5) is 26.3 Å². The first kappa shape index (κ1) is 16.1. The molecule has 1 heterocycles. The fourth-order valence-corrected chi connectivity index (χ4v) is 2.42. The average Bonchev–Trinajstić information content (AvgIpc) is 2.68. The van der Waals surface area contributed by atoms with E-state index in [1.807, 2.05) is 0 Å². The van der Waals surface area contributed by atoms with Gasteiger partial charge in [0.2, 0.25) is 5.82 Å². The molecule has 0 radical (unpaired) electrons. The van der Waals surface area contributed by atoms with E-state index >= 15 is 0 Å². The molecule has 1 N–H and O–H groups in total. The van der Waals surface area contributed by atoms with Crippen molar-refractivity contribution < 1.29 is 26.3 Å². The summed E-state index contributed by atoms with van der Waals surface area (Å²) in [5, 5.41) is 2.48. The van der Waals surface area contributed by atoms with E-state index in [-0.39, 0.29) is 22.2 Å². The van der Waals surface area contributed by atoms with Crippen LogP contribution in [0.1, 0.15) is 11.4 Å². The number of hydrogen-bond donors (Lipinski definition) is 1. The van der Waals surface area contributed by atoms with Gasteiger partial charge in [-0.1, -0.05) is 0 Å². The number of halogens is 7. The Bertz CT molecular complexity index is 673. The van der Waals surface area contributed by atoms with Crippen molar-refractivity contribution in [1.82, 2.24) is 14.9 Å². The molecule has 0 saturated heterocycles. The maximum absolute atomic E-state index is 12.9. The van der Waals surface area contributed by atoms with E-state index in [1.165, 1.54) is 7.05 Å². The lowest BCUT2D eigenvalue weighted by atomic mass is 10.2. The fourth-order valence-electron chi connectivity index (χ4n) is 1.88. The average molecular weight is 376 g/mol. The van der Waals surface area contributed by atoms with Crippen molar-refractivity contribution in [2.45, 2.75) is 19.0 Å². The molecule has 116 valence electrons. The van der Waals surface area contributed by atoms with Crippen LogP contribution in [0.25, 0.3) is 11.0 Å². The summed E-state index contributed by atoms with van der Waals surface area (Å²) in [7, 11) is 1.38. The minimum atomic E-state index is -4.77. The molecule has 0 unspecified atom stereocenters. The number of benzene rings is 1. The van der Waals surface area contributed by atoms with Crippen LogP contribution in [0, 0.1) is 0 Å². The summed E-state index contributed by atoms with van der Waals surface area (Å²) in [6, 6.07) is 1.36. The quantitative estimate of drug-likeness (QED) is 0.803. The molecule has 1 aromatic carbocycles. The van der Waals surface area contributed by atoms with E-state index in [4.69, 9.17) is 0 Å². The van der Waals surface area contributed by atoms with Crippen molar-refractivity contribution in [3.63, 3.8) is 0 Å². The molecule has 0 aliphatic carbocycles. The van der Waals surface area contributed by atoms with Crippen molar-refractivity contribution in [1.29, 1.82) is 0 Å². The minimum absolute atomic E-state index is 0.146. The number of fused-ring (bicyclic) bond motifs is 1. The number of rotatable bonds is 2. The zero-order valence-electron chi connectivity index (χ0n) is 10.4. The van der Waals surface area contributed by atoms with Crippen LogP contribution in [-0.2, 0) is 19.0 Å². The van der Waals surface area contributed by atoms with E-state index in [2.05, 4.69) is 26.2 Å². The number of nitrogens with one attached hydrogen (secondary N) is 1. The fraction of sp³-hybridized carbons (Fsp3) is 0.364. The van der Waals surface area contributed by atoms with E-state index in [9.17, 15) is 26.3 Å². The summed E-state index contributed by atoms with van der Waals surface area (Å²) in [6.45, 7) is -0.320. The number of alkyl halides is 6. The molecule has 2 aromatic rings. The van der Waals surface area contributed by atoms with E-state index < -0.39 is 23.7 Å². The van der Waals surface area contributed by atoms with Gasteiger partial charge in [-0.15, -0.1) is 0 Å². The van der Waals surface area contributed by atoms with Crippen molar-refractivity contribution in [3.8, 4) is 0 Å². The highest BCUT2D eigenvalue weighted by atomic mass is 79.9. The zero-order valence-corrected chi connectivity index (χ0v) is 12.0. The number of hydrogen-bond acceptors (Lipinski definition) is 2. The molecule has 0 aliphatic rings. The van der Waals surface area contributed by atoms with Crippen LogP contribution in [0.15, 0.2) is 16.6 Å². The third-order valence-corrected chi connectivity index (χ3v) is 3.31. The highest BCUT2D eigenvalue weighted by Crippen LogP contribution is 2.38. The lowest BCUT2D eigenvalue weighted by Crippen LogP contribution is -2.21. The Labute approximate surface area is 123 Å². The maximum Gasteiger partial charge on any atom is 0.449 e. The van der Waals surface area contributed by atoms with Gasteiger partial charge in [0.05, 0.1) is 17.7 Å². The van der Waals surface area contributed by atoms with Crippen LogP contribution in [-0.4, -0.2) is 16.6 Å². The summed E-state index contributed by atoms with van der Waals surface area (Å²) in [5.74, 6) is -1.26. The molecule has 3 nitrogen and oxygen atoms in total. The molecule has 0 amide bonds. The summed E-state index contributed by atoms with van der Waals surface area (Å²) < 4.78 is 77.6. The van der Waals surface area contributed by atoms with Gasteiger partial charge in [0, 0.05) is 4.47 Å². The van der Waals surface area contributed by atoms with Crippen molar-refractivity contribution in [2.75, 3.05) is 7.05 Å². The van der Waals surface area contributed by atoms with Crippen LogP contribution >= 0.6 is 15.9 Å². The highest BCUT2D eigenvalue weighted by Gasteiger charge is 2.39. The predicted octanol–water partition coefficient (Wildman–Crippen LogP) is 4.01. The third kappa shape index (κ3) is 3.00. The monoisotopic (exact) mass is 375 g/mol. The van der Waals surface area contributed by atoms with Crippen molar-refractivity contribution >= 4 is 27.0 Å². The second kappa shape index (κ2) is 5.16. The lowest BCUT2D eigenvalue weighted by Gasteiger charge is -2.12. The molecule has 21 heavy (non-hydrogen) atoms. The van der Waals surface area contributed by atoms with E-state index in [0.29, 0.717) is 16.7 Å². The van der Waals surface area contributed by atoms with Crippen LogP contribution in [0.2, 0.25) is 0 Å². The Balaban J connectivity index is 2.81. The van der Waals surface area contributed by atoms with Crippen molar-refractivity contribution in [3.05, 3.63) is 28.0 Å². The van der Waals surface area contributed by atoms with Gasteiger partial charge < -0.3 is 9.88 Å². The van der Waals surface area contributed by atoms with Crippen LogP contribution in [0.3, 0.4) is 0 Å². The molecule has 1 aromatic heterocycles. The van der Waals surface area contributed by atoms with Crippen molar-refractivity contribution in [2.24, 2.45) is 0 Å². The first-order valence-electron chi connectivity index (χ1n) is 5.54. The number of nitrogens with zero attached hydrogens (tertiary/aromatic N) is 2. The summed E-state index contributed by atoms with van der Waals surface area (Å²) in [5.41, 5.74) is -1.48. The molecule has 0 spiro atoms. The zero-order chi connectivity index (χ0) is 16.0. The molecule has 0 bridgehead atoms. The third-order valence-electron chi connectivity index (χ3n) is 2.70. The summed E-state index contributed by atoms with van der Waals surface area (Å²) >= 11 is 2.84. The first-order valence-corrected chi connectivity index (χ1v) is 6.33. The van der Waals surface area contributed by atoms with Crippen LogP contribution < -0.4 is 5.32 Å². The Morgan fingerprint density at radius 2 is 1.76 bits per heavy atom. The van der Waals surface area contributed by atoms with Gasteiger partial charge in [-0.05, 0) is 35.1 Å². The largest absolute Gasteiger partial charge is 0.449 e.